The Morgan fingerprint density at radius 2 is 1.18 bits per heavy atom. The van der Waals surface area contributed by atoms with Gasteiger partial charge in [0.1, 0.15) is 17.3 Å². The molecule has 0 heterocycles. The van der Waals surface area contributed by atoms with Crippen LogP contribution in [-0.4, -0.2) is 12.6 Å². The van der Waals surface area contributed by atoms with Gasteiger partial charge in [-0.15, -0.1) is 0 Å². The molecule has 3 rings (SSSR count). The molecule has 0 fully saturated rings. The molecule has 0 amide bonds. The summed E-state index contributed by atoms with van der Waals surface area (Å²) in [5.74, 6) is 0.661. The topological polar surface area (TPSA) is 35.5 Å². The van der Waals surface area contributed by atoms with Crippen LogP contribution in [0.5, 0.6) is 11.5 Å². The predicted molar refractivity (Wildman–Crippen MR) is 164 cm³/mol. The summed E-state index contributed by atoms with van der Waals surface area (Å²) in [7, 11) is 0. The predicted octanol–water partition coefficient (Wildman–Crippen LogP) is 10.7. The Hall–Kier alpha value is -3.14. The fourth-order valence-electron chi connectivity index (χ4n) is 4.84. The number of carbonyl (C=O) groups is 1. The summed E-state index contributed by atoms with van der Waals surface area (Å²) < 4.78 is 26.1. The normalized spacial score (nSPS) is 11.0. The van der Waals surface area contributed by atoms with Crippen molar-refractivity contribution in [2.75, 3.05) is 6.61 Å². The molecule has 0 radical (unpaired) electrons. The summed E-state index contributed by atoms with van der Waals surface area (Å²) in [4.78, 5) is 12.7. The second-order valence-corrected chi connectivity index (χ2v) is 10.7. The van der Waals surface area contributed by atoms with Crippen LogP contribution < -0.4 is 9.47 Å². The van der Waals surface area contributed by atoms with Crippen LogP contribution in [0, 0.1) is 5.82 Å². The molecule has 0 N–H and O–H groups in total. The highest BCUT2D eigenvalue weighted by molar-refractivity contribution is 5.91. The number of aryl methyl sites for hydroxylation is 1. The minimum absolute atomic E-state index is 0.163. The van der Waals surface area contributed by atoms with Crippen LogP contribution in [-0.2, 0) is 6.42 Å². The summed E-state index contributed by atoms with van der Waals surface area (Å²) in [6.45, 7) is 5.15. The van der Waals surface area contributed by atoms with Gasteiger partial charge in [0, 0.05) is 0 Å². The molecular formula is C36H47FO3. The highest BCUT2D eigenvalue weighted by atomic mass is 19.1. The summed E-state index contributed by atoms with van der Waals surface area (Å²) in [6, 6.07) is 19.7. The molecule has 0 spiro atoms. The summed E-state index contributed by atoms with van der Waals surface area (Å²) in [5.41, 5.74) is 2.89. The lowest BCUT2D eigenvalue weighted by molar-refractivity contribution is 0.0734. The Morgan fingerprint density at radius 1 is 0.625 bits per heavy atom. The second kappa shape index (κ2) is 18.3. The Labute approximate surface area is 241 Å². The van der Waals surface area contributed by atoms with E-state index in [4.69, 9.17) is 9.47 Å². The van der Waals surface area contributed by atoms with E-state index >= 15 is 0 Å². The van der Waals surface area contributed by atoms with Crippen LogP contribution in [0.25, 0.3) is 11.1 Å². The number of halogens is 1. The average molecular weight is 547 g/mol. The molecule has 0 aliphatic heterocycles. The van der Waals surface area contributed by atoms with E-state index in [0.29, 0.717) is 17.9 Å². The minimum atomic E-state index is -0.427. The molecule has 40 heavy (non-hydrogen) atoms. The fourth-order valence-corrected chi connectivity index (χ4v) is 4.84. The Balaban J connectivity index is 1.42. The SMILES string of the molecule is CCCCCCCCCOc1ccc(OC(=O)c2ccc(-c3ccc(CCCCCCCC)c(F)c3)cc2)cc1. The maximum Gasteiger partial charge on any atom is 0.343 e. The van der Waals surface area contributed by atoms with E-state index < -0.39 is 5.97 Å². The third-order valence-corrected chi connectivity index (χ3v) is 7.36. The van der Waals surface area contributed by atoms with Crippen molar-refractivity contribution in [2.45, 2.75) is 104 Å². The van der Waals surface area contributed by atoms with Crippen LogP contribution in [0.2, 0.25) is 0 Å². The Kier molecular flexibility index (Phi) is 14.3. The molecule has 0 saturated heterocycles. The number of benzene rings is 3. The minimum Gasteiger partial charge on any atom is -0.494 e. The first kappa shape index (κ1) is 31.4. The molecule has 0 bridgehead atoms. The highest BCUT2D eigenvalue weighted by Gasteiger charge is 2.11. The monoisotopic (exact) mass is 546 g/mol. The van der Waals surface area contributed by atoms with E-state index in [9.17, 15) is 9.18 Å². The molecule has 0 unspecified atom stereocenters. The number of hydrogen-bond acceptors (Lipinski definition) is 3. The van der Waals surface area contributed by atoms with E-state index in [2.05, 4.69) is 13.8 Å². The quantitative estimate of drug-likeness (QED) is 0.0852. The highest BCUT2D eigenvalue weighted by Crippen LogP contribution is 2.25. The van der Waals surface area contributed by atoms with Crippen molar-refractivity contribution in [3.63, 3.8) is 0 Å². The first-order valence-electron chi connectivity index (χ1n) is 15.4. The molecule has 0 saturated carbocycles. The first-order chi connectivity index (χ1) is 19.6. The van der Waals surface area contributed by atoms with Gasteiger partial charge in [-0.25, -0.2) is 9.18 Å². The molecule has 216 valence electrons. The van der Waals surface area contributed by atoms with Gasteiger partial charge in [0.25, 0.3) is 0 Å². The molecular weight excluding hydrogens is 499 g/mol. The summed E-state index contributed by atoms with van der Waals surface area (Å²) in [6.07, 6.45) is 16.7. The summed E-state index contributed by atoms with van der Waals surface area (Å²) in [5, 5.41) is 0. The van der Waals surface area contributed by atoms with Crippen molar-refractivity contribution >= 4 is 5.97 Å². The molecule has 0 atom stereocenters. The van der Waals surface area contributed by atoms with Gasteiger partial charge in [-0.3, -0.25) is 0 Å². The van der Waals surface area contributed by atoms with Gasteiger partial charge >= 0.3 is 5.97 Å². The van der Waals surface area contributed by atoms with Crippen molar-refractivity contribution < 1.29 is 18.7 Å². The van der Waals surface area contributed by atoms with E-state index in [0.717, 1.165) is 48.1 Å². The van der Waals surface area contributed by atoms with Crippen LogP contribution in [0.3, 0.4) is 0 Å². The molecule has 3 aromatic carbocycles. The zero-order valence-electron chi connectivity index (χ0n) is 24.6. The fraction of sp³-hybridized carbons (Fsp3) is 0.472. The molecule has 0 aliphatic carbocycles. The lowest BCUT2D eigenvalue weighted by Crippen LogP contribution is -2.08. The molecule has 0 aliphatic rings. The smallest absolute Gasteiger partial charge is 0.343 e. The molecule has 4 heteroatoms. The van der Waals surface area contributed by atoms with Crippen molar-refractivity contribution in [2.24, 2.45) is 0 Å². The largest absolute Gasteiger partial charge is 0.494 e. The van der Waals surface area contributed by atoms with Gasteiger partial charge in [-0.05, 0) is 78.4 Å². The zero-order chi connectivity index (χ0) is 28.4. The second-order valence-electron chi connectivity index (χ2n) is 10.7. The van der Waals surface area contributed by atoms with Gasteiger partial charge in [-0.2, -0.15) is 0 Å². The van der Waals surface area contributed by atoms with Gasteiger partial charge in [0.05, 0.1) is 12.2 Å². The van der Waals surface area contributed by atoms with Crippen molar-refractivity contribution in [1.29, 1.82) is 0 Å². The number of rotatable bonds is 19. The van der Waals surface area contributed by atoms with Crippen LogP contribution in [0.15, 0.2) is 66.7 Å². The molecule has 3 nitrogen and oxygen atoms in total. The Bertz CT molecular complexity index is 1120. The van der Waals surface area contributed by atoms with Crippen LogP contribution in [0.1, 0.15) is 113 Å². The lowest BCUT2D eigenvalue weighted by Gasteiger charge is -2.09. The molecule has 3 aromatic rings. The zero-order valence-corrected chi connectivity index (χ0v) is 24.6. The number of esters is 1. The summed E-state index contributed by atoms with van der Waals surface area (Å²) >= 11 is 0. The van der Waals surface area contributed by atoms with E-state index in [1.807, 2.05) is 36.4 Å². The number of hydrogen-bond donors (Lipinski definition) is 0. The number of carbonyl (C=O) groups excluding carboxylic acids is 1. The number of ether oxygens (including phenoxy) is 2. The maximum atomic E-state index is 14.7. The van der Waals surface area contributed by atoms with Gasteiger partial charge in [0.15, 0.2) is 0 Å². The first-order valence-corrected chi connectivity index (χ1v) is 15.4. The van der Waals surface area contributed by atoms with Crippen LogP contribution in [0.4, 0.5) is 4.39 Å². The third kappa shape index (κ3) is 11.2. The van der Waals surface area contributed by atoms with Gasteiger partial charge < -0.3 is 9.47 Å². The lowest BCUT2D eigenvalue weighted by atomic mass is 9.99. The van der Waals surface area contributed by atoms with E-state index in [1.54, 1.807) is 30.3 Å². The van der Waals surface area contributed by atoms with Crippen LogP contribution >= 0.6 is 0 Å². The number of unbranched alkanes of at least 4 members (excludes halogenated alkanes) is 11. The van der Waals surface area contributed by atoms with E-state index in [-0.39, 0.29) is 5.82 Å². The van der Waals surface area contributed by atoms with Crippen molar-refractivity contribution in [1.82, 2.24) is 0 Å². The average Bonchev–Trinajstić information content (AvgIpc) is 2.98. The van der Waals surface area contributed by atoms with Crippen molar-refractivity contribution in [3.05, 3.63) is 83.7 Å². The molecule has 0 aromatic heterocycles. The van der Waals surface area contributed by atoms with Gasteiger partial charge in [0.2, 0.25) is 0 Å². The maximum absolute atomic E-state index is 14.7. The third-order valence-electron chi connectivity index (χ3n) is 7.36. The standard InChI is InChI=1S/C36H47FO3/c1-3-5-7-9-11-13-15-27-39-33-23-25-34(26-24-33)40-36(38)31-20-17-29(18-21-31)32-22-19-30(35(37)28-32)16-14-12-10-8-6-4-2/h17-26,28H,3-16,27H2,1-2H3. The van der Waals surface area contributed by atoms with Crippen molar-refractivity contribution in [3.8, 4) is 22.6 Å². The van der Waals surface area contributed by atoms with Gasteiger partial charge in [-0.1, -0.05) is 109 Å². The van der Waals surface area contributed by atoms with E-state index in [1.165, 1.54) is 64.2 Å². The Morgan fingerprint density at radius 3 is 1.80 bits per heavy atom.